The van der Waals surface area contributed by atoms with Crippen molar-refractivity contribution in [3.05, 3.63) is 60.2 Å². The van der Waals surface area contributed by atoms with Gasteiger partial charge >= 0.3 is 0 Å². The number of aryl methyl sites for hydroxylation is 1. The average molecular weight is 429 g/mol. The van der Waals surface area contributed by atoms with E-state index >= 15 is 0 Å². The third-order valence-electron chi connectivity index (χ3n) is 6.30. The van der Waals surface area contributed by atoms with E-state index in [9.17, 15) is 8.42 Å². The number of anilines is 1. The summed E-state index contributed by atoms with van der Waals surface area (Å²) in [5.41, 5.74) is 2.42. The predicted octanol–water partition coefficient (Wildman–Crippen LogP) is 3.96. The Morgan fingerprint density at radius 3 is 2.60 bits per heavy atom. The molecule has 1 fully saturated rings. The smallest absolute Gasteiger partial charge is 0.241 e. The van der Waals surface area contributed by atoms with Gasteiger partial charge in [-0.1, -0.05) is 23.8 Å². The molecule has 0 spiro atoms. The lowest BCUT2D eigenvalue weighted by Gasteiger charge is -2.38. The molecule has 2 heterocycles. The van der Waals surface area contributed by atoms with Gasteiger partial charge in [0.05, 0.1) is 30.7 Å². The van der Waals surface area contributed by atoms with E-state index in [1.807, 2.05) is 37.3 Å². The summed E-state index contributed by atoms with van der Waals surface area (Å²) in [5, 5.41) is 0. The van der Waals surface area contributed by atoms with Crippen LogP contribution in [-0.2, 0) is 10.0 Å². The van der Waals surface area contributed by atoms with Gasteiger partial charge in [-0.2, -0.15) is 0 Å². The lowest BCUT2D eigenvalue weighted by Crippen LogP contribution is -2.49. The molecule has 0 aliphatic carbocycles. The van der Waals surface area contributed by atoms with E-state index in [0.29, 0.717) is 17.9 Å². The minimum absolute atomic E-state index is 0.257. The van der Waals surface area contributed by atoms with Crippen LogP contribution in [0.1, 0.15) is 36.4 Å². The van der Waals surface area contributed by atoms with Crippen LogP contribution in [0.3, 0.4) is 0 Å². The average Bonchev–Trinajstić information content (AvgIpc) is 3.25. The van der Waals surface area contributed by atoms with Gasteiger partial charge < -0.3 is 14.4 Å². The molecule has 0 unspecified atom stereocenters. The highest BCUT2D eigenvalue weighted by Crippen LogP contribution is 2.57. The molecule has 2 aromatic carbocycles. The van der Waals surface area contributed by atoms with Crippen molar-refractivity contribution < 1.29 is 17.9 Å². The SMILES string of the molecule is C=CC[C@@]12CCCN1c1cc(OC)cc(OC)c1[C@H]2NS(=O)(=O)c1ccc(C)cc1. The molecule has 30 heavy (non-hydrogen) atoms. The lowest BCUT2D eigenvalue weighted by atomic mass is 9.84. The molecule has 1 N–H and O–H groups in total. The zero-order valence-electron chi connectivity index (χ0n) is 17.6. The summed E-state index contributed by atoms with van der Waals surface area (Å²) in [6.45, 7) is 6.74. The van der Waals surface area contributed by atoms with Crippen LogP contribution < -0.4 is 19.1 Å². The van der Waals surface area contributed by atoms with Crippen LogP contribution in [0.15, 0.2) is 53.9 Å². The number of nitrogens with zero attached hydrogens (tertiary/aromatic N) is 1. The van der Waals surface area contributed by atoms with Crippen LogP contribution in [0.2, 0.25) is 0 Å². The maximum Gasteiger partial charge on any atom is 0.241 e. The van der Waals surface area contributed by atoms with Crippen LogP contribution in [0.4, 0.5) is 5.69 Å². The molecule has 2 aromatic rings. The first-order chi connectivity index (χ1) is 14.4. The first kappa shape index (κ1) is 20.8. The van der Waals surface area contributed by atoms with Gasteiger partial charge in [0, 0.05) is 29.9 Å². The fourth-order valence-corrected chi connectivity index (χ4v) is 6.18. The predicted molar refractivity (Wildman–Crippen MR) is 118 cm³/mol. The van der Waals surface area contributed by atoms with Gasteiger partial charge in [-0.05, 0) is 38.3 Å². The van der Waals surface area contributed by atoms with Gasteiger partial charge in [0.1, 0.15) is 11.5 Å². The number of ether oxygens (including phenoxy) is 2. The quantitative estimate of drug-likeness (QED) is 0.676. The Balaban J connectivity index is 1.87. The van der Waals surface area contributed by atoms with Gasteiger partial charge in [0.15, 0.2) is 0 Å². The molecule has 0 aromatic heterocycles. The molecule has 160 valence electrons. The molecule has 2 aliphatic rings. The first-order valence-corrected chi connectivity index (χ1v) is 11.6. The molecule has 0 bridgehead atoms. The van der Waals surface area contributed by atoms with Gasteiger partial charge in [-0.15, -0.1) is 6.58 Å². The summed E-state index contributed by atoms with van der Waals surface area (Å²) in [5.74, 6) is 1.31. The van der Waals surface area contributed by atoms with Crippen molar-refractivity contribution in [1.82, 2.24) is 4.72 Å². The monoisotopic (exact) mass is 428 g/mol. The Labute approximate surface area is 178 Å². The molecule has 2 atom stereocenters. The van der Waals surface area contributed by atoms with Gasteiger partial charge in [-0.25, -0.2) is 13.1 Å². The minimum Gasteiger partial charge on any atom is -0.497 e. The van der Waals surface area contributed by atoms with Gasteiger partial charge in [-0.3, -0.25) is 0 Å². The first-order valence-electron chi connectivity index (χ1n) is 10.1. The van der Waals surface area contributed by atoms with Crippen molar-refractivity contribution in [3.8, 4) is 11.5 Å². The van der Waals surface area contributed by atoms with Crippen molar-refractivity contribution in [2.75, 3.05) is 25.7 Å². The van der Waals surface area contributed by atoms with E-state index in [2.05, 4.69) is 16.2 Å². The summed E-state index contributed by atoms with van der Waals surface area (Å²) < 4.78 is 40.9. The molecule has 1 saturated heterocycles. The topological polar surface area (TPSA) is 67.9 Å². The van der Waals surface area contributed by atoms with E-state index in [4.69, 9.17) is 9.47 Å². The number of methoxy groups -OCH3 is 2. The van der Waals surface area contributed by atoms with E-state index in [0.717, 1.165) is 36.2 Å². The molecular formula is C23H28N2O4S. The standard InChI is InChI=1S/C23H28N2O4S/c1-5-11-23-12-6-13-25(23)19-14-17(28-3)15-20(29-4)21(19)22(23)24-30(26,27)18-9-7-16(2)8-10-18/h5,7-10,14-15,22,24H,1,6,11-13H2,2-4H3/t22-,23+/m1/s1. The molecule has 0 saturated carbocycles. The number of rotatable bonds is 7. The maximum absolute atomic E-state index is 13.3. The van der Waals surface area contributed by atoms with Crippen LogP contribution in [0, 0.1) is 6.92 Å². The summed E-state index contributed by atoms with van der Waals surface area (Å²) >= 11 is 0. The maximum atomic E-state index is 13.3. The van der Waals surface area contributed by atoms with Crippen molar-refractivity contribution in [2.24, 2.45) is 0 Å². The second-order valence-corrected chi connectivity index (χ2v) is 9.70. The number of hydrogen-bond acceptors (Lipinski definition) is 5. The van der Waals surface area contributed by atoms with E-state index in [1.165, 1.54) is 0 Å². The van der Waals surface area contributed by atoms with Crippen LogP contribution in [0.5, 0.6) is 11.5 Å². The minimum atomic E-state index is -3.74. The number of nitrogens with one attached hydrogen (secondary N) is 1. The zero-order chi connectivity index (χ0) is 21.5. The Morgan fingerprint density at radius 1 is 1.23 bits per heavy atom. The van der Waals surface area contributed by atoms with Crippen molar-refractivity contribution >= 4 is 15.7 Å². The highest BCUT2D eigenvalue weighted by Gasteiger charge is 2.55. The zero-order valence-corrected chi connectivity index (χ0v) is 18.5. The van der Waals surface area contributed by atoms with Crippen LogP contribution in [0.25, 0.3) is 0 Å². The van der Waals surface area contributed by atoms with Crippen LogP contribution in [-0.4, -0.2) is 34.7 Å². The molecule has 0 amide bonds. The highest BCUT2D eigenvalue weighted by atomic mass is 32.2. The number of sulfonamides is 1. The highest BCUT2D eigenvalue weighted by molar-refractivity contribution is 7.89. The molecule has 4 rings (SSSR count). The third kappa shape index (κ3) is 3.17. The summed E-state index contributed by atoms with van der Waals surface area (Å²) in [6, 6.07) is 10.2. The number of benzene rings is 2. The van der Waals surface area contributed by atoms with E-state index in [1.54, 1.807) is 26.4 Å². The molecule has 0 radical (unpaired) electrons. The summed E-state index contributed by atoms with van der Waals surface area (Å²) in [7, 11) is -0.516. The van der Waals surface area contributed by atoms with E-state index < -0.39 is 21.6 Å². The fraction of sp³-hybridized carbons (Fsp3) is 0.391. The second kappa shape index (κ2) is 7.63. The molecule has 6 nitrogen and oxygen atoms in total. The third-order valence-corrected chi connectivity index (χ3v) is 7.74. The van der Waals surface area contributed by atoms with Crippen molar-refractivity contribution in [2.45, 2.75) is 42.7 Å². The summed E-state index contributed by atoms with van der Waals surface area (Å²) in [4.78, 5) is 2.56. The second-order valence-electron chi connectivity index (χ2n) is 7.98. The Hall–Kier alpha value is -2.51. The van der Waals surface area contributed by atoms with Crippen molar-refractivity contribution in [1.29, 1.82) is 0 Å². The fourth-order valence-electron chi connectivity index (χ4n) is 4.91. The largest absolute Gasteiger partial charge is 0.497 e. The lowest BCUT2D eigenvalue weighted by molar-refractivity contribution is 0.342. The Kier molecular flexibility index (Phi) is 5.28. The number of hydrogen-bond donors (Lipinski definition) is 1. The number of fused-ring (bicyclic) bond motifs is 3. The summed E-state index contributed by atoms with van der Waals surface area (Å²) in [6.07, 6.45) is 4.38. The van der Waals surface area contributed by atoms with Crippen LogP contribution >= 0.6 is 0 Å². The Bertz CT molecular complexity index is 1070. The normalized spacial score (nSPS) is 22.5. The van der Waals surface area contributed by atoms with E-state index in [-0.39, 0.29) is 4.90 Å². The molecule has 7 heteroatoms. The molecule has 2 aliphatic heterocycles. The Morgan fingerprint density at radius 2 is 1.97 bits per heavy atom. The van der Waals surface area contributed by atoms with Gasteiger partial charge in [0.25, 0.3) is 0 Å². The molecular weight excluding hydrogens is 400 g/mol. The van der Waals surface area contributed by atoms with Gasteiger partial charge in [0.2, 0.25) is 10.0 Å². The van der Waals surface area contributed by atoms with Crippen molar-refractivity contribution in [3.63, 3.8) is 0 Å².